The van der Waals surface area contributed by atoms with Crippen LogP contribution in [0.15, 0.2) is 42.6 Å². The van der Waals surface area contributed by atoms with Gasteiger partial charge >= 0.3 is 5.97 Å². The number of aryl methyl sites for hydroxylation is 2. The third-order valence-corrected chi connectivity index (χ3v) is 7.38. The highest BCUT2D eigenvalue weighted by atomic mass is 16.4. The predicted octanol–water partition coefficient (Wildman–Crippen LogP) is 3.04. The summed E-state index contributed by atoms with van der Waals surface area (Å²) >= 11 is 0. The molecule has 2 aromatic carbocycles. The highest BCUT2D eigenvalue weighted by molar-refractivity contribution is 5.97. The zero-order valence-corrected chi connectivity index (χ0v) is 21.2. The molecule has 1 fully saturated rings. The second kappa shape index (κ2) is 9.49. The molecule has 11 heteroatoms. The van der Waals surface area contributed by atoms with Crippen molar-refractivity contribution in [1.82, 2.24) is 35.2 Å². The number of benzene rings is 2. The van der Waals surface area contributed by atoms with Crippen molar-refractivity contribution in [2.75, 3.05) is 18.4 Å². The van der Waals surface area contributed by atoms with Crippen LogP contribution in [0, 0.1) is 19.8 Å². The number of piperidine rings is 1. The van der Waals surface area contributed by atoms with Crippen molar-refractivity contribution < 1.29 is 14.7 Å². The minimum atomic E-state index is -0.904. The van der Waals surface area contributed by atoms with Gasteiger partial charge in [-0.25, -0.2) is 9.97 Å². The number of anilines is 2. The maximum Gasteiger partial charge on any atom is 0.309 e. The van der Waals surface area contributed by atoms with Gasteiger partial charge in [0.05, 0.1) is 17.1 Å². The molecule has 2 aliphatic heterocycles. The molecule has 38 heavy (non-hydrogen) atoms. The fourth-order valence-corrected chi connectivity index (χ4v) is 5.61. The first kappa shape index (κ1) is 24.0. The largest absolute Gasteiger partial charge is 0.481 e. The lowest BCUT2D eigenvalue weighted by atomic mass is 9.90. The van der Waals surface area contributed by atoms with E-state index in [1.54, 1.807) is 23.1 Å². The van der Waals surface area contributed by atoms with Crippen LogP contribution in [-0.2, 0) is 17.9 Å². The normalized spacial score (nSPS) is 19.5. The molecule has 1 amide bonds. The van der Waals surface area contributed by atoms with E-state index in [1.807, 2.05) is 32.2 Å². The molecule has 0 radical (unpaired) electrons. The van der Waals surface area contributed by atoms with E-state index in [0.717, 1.165) is 33.6 Å². The van der Waals surface area contributed by atoms with E-state index in [4.69, 9.17) is 4.98 Å². The average molecular weight is 513 g/mol. The van der Waals surface area contributed by atoms with Crippen LogP contribution in [0.4, 0.5) is 11.6 Å². The molecule has 0 unspecified atom stereocenters. The lowest BCUT2D eigenvalue weighted by Crippen LogP contribution is -2.53. The van der Waals surface area contributed by atoms with Crippen molar-refractivity contribution >= 4 is 34.5 Å². The van der Waals surface area contributed by atoms with Crippen LogP contribution in [-0.4, -0.2) is 71.3 Å². The van der Waals surface area contributed by atoms with Crippen LogP contribution >= 0.6 is 0 Å². The summed E-state index contributed by atoms with van der Waals surface area (Å²) in [4.78, 5) is 38.5. The second-order valence-electron chi connectivity index (χ2n) is 10.2. The Hall–Kier alpha value is -4.38. The number of hydrogen-bond acceptors (Lipinski definition) is 8. The summed E-state index contributed by atoms with van der Waals surface area (Å²) in [6, 6.07) is 11.2. The minimum absolute atomic E-state index is 0.147. The third kappa shape index (κ3) is 4.56. The number of carboxylic acid groups (broad SMARTS) is 1. The van der Waals surface area contributed by atoms with Crippen LogP contribution in [0.3, 0.4) is 0 Å². The van der Waals surface area contributed by atoms with E-state index in [2.05, 4.69) is 36.7 Å². The molecule has 4 aromatic rings. The van der Waals surface area contributed by atoms with E-state index in [0.29, 0.717) is 43.1 Å². The van der Waals surface area contributed by atoms with Gasteiger partial charge in [-0.05, 0) is 61.7 Å². The van der Waals surface area contributed by atoms with E-state index >= 15 is 0 Å². The number of aliphatic carboxylic acids is 1. The van der Waals surface area contributed by atoms with Crippen molar-refractivity contribution in [2.45, 2.75) is 39.4 Å². The van der Waals surface area contributed by atoms with Crippen LogP contribution in [0.5, 0.6) is 0 Å². The molecule has 4 heterocycles. The topological polar surface area (TPSA) is 140 Å². The number of hydrogen-bond donors (Lipinski definition) is 3. The molecule has 0 aliphatic carbocycles. The molecule has 194 valence electrons. The number of fused-ring (bicyclic) bond motifs is 2. The van der Waals surface area contributed by atoms with Gasteiger partial charge < -0.3 is 15.3 Å². The molecular weight excluding hydrogens is 484 g/mol. The van der Waals surface area contributed by atoms with Crippen LogP contribution in [0.1, 0.15) is 39.2 Å². The quantitative estimate of drug-likeness (QED) is 0.368. The summed E-state index contributed by atoms with van der Waals surface area (Å²) in [6.07, 6.45) is 2.38. The average Bonchev–Trinajstić information content (AvgIpc) is 3.53. The number of amides is 1. The Morgan fingerprint density at radius 1 is 1.11 bits per heavy atom. The van der Waals surface area contributed by atoms with Crippen molar-refractivity contribution in [3.63, 3.8) is 0 Å². The number of aromatic amines is 1. The van der Waals surface area contributed by atoms with Gasteiger partial charge in [0.25, 0.3) is 5.91 Å². The van der Waals surface area contributed by atoms with E-state index < -0.39 is 11.9 Å². The Morgan fingerprint density at radius 3 is 2.71 bits per heavy atom. The Morgan fingerprint density at radius 2 is 1.92 bits per heavy atom. The number of rotatable bonds is 5. The SMILES string of the molecule is Cc1cc(C)cc(Nc2ncc3c(n2)CN([C@H]2CCN(C(=O)c4ccc5[nH]nnc5c4)C[C@@H]2C(=O)O)C3)c1. The number of nitrogens with one attached hydrogen (secondary N) is 2. The molecule has 0 spiro atoms. The van der Waals surface area contributed by atoms with Crippen LogP contribution < -0.4 is 5.32 Å². The van der Waals surface area contributed by atoms with E-state index in [9.17, 15) is 14.7 Å². The molecule has 6 rings (SSSR count). The first-order chi connectivity index (χ1) is 18.3. The molecule has 2 atom stereocenters. The molecule has 0 bridgehead atoms. The van der Waals surface area contributed by atoms with Gasteiger partial charge in [0.15, 0.2) is 0 Å². The lowest BCUT2D eigenvalue weighted by molar-refractivity contribution is -0.146. The second-order valence-corrected chi connectivity index (χ2v) is 10.2. The van der Waals surface area contributed by atoms with Gasteiger partial charge in [0.1, 0.15) is 5.52 Å². The first-order valence-electron chi connectivity index (χ1n) is 12.6. The zero-order chi connectivity index (χ0) is 26.4. The number of H-pyrrole nitrogens is 1. The number of carboxylic acids is 1. The van der Waals surface area contributed by atoms with Gasteiger partial charge in [-0.2, -0.15) is 0 Å². The fourth-order valence-electron chi connectivity index (χ4n) is 5.61. The number of likely N-dealkylation sites (tertiary alicyclic amines) is 1. The predicted molar refractivity (Wildman–Crippen MR) is 140 cm³/mol. The monoisotopic (exact) mass is 512 g/mol. The van der Waals surface area contributed by atoms with Crippen molar-refractivity contribution in [3.8, 4) is 0 Å². The Bertz CT molecular complexity index is 1530. The molecule has 0 saturated carbocycles. The summed E-state index contributed by atoms with van der Waals surface area (Å²) < 4.78 is 0. The number of carbonyl (C=O) groups is 2. The van der Waals surface area contributed by atoms with Crippen molar-refractivity contribution in [3.05, 3.63) is 70.5 Å². The summed E-state index contributed by atoms with van der Waals surface area (Å²) in [7, 11) is 0. The Balaban J connectivity index is 1.15. The van der Waals surface area contributed by atoms with E-state index in [1.165, 1.54) is 0 Å². The molecule has 11 nitrogen and oxygen atoms in total. The van der Waals surface area contributed by atoms with Gasteiger partial charge in [-0.3, -0.25) is 19.6 Å². The molecule has 2 aliphatic rings. The zero-order valence-electron chi connectivity index (χ0n) is 21.2. The van der Waals surface area contributed by atoms with Crippen LogP contribution in [0.25, 0.3) is 11.0 Å². The van der Waals surface area contributed by atoms with Crippen LogP contribution in [0.2, 0.25) is 0 Å². The minimum Gasteiger partial charge on any atom is -0.481 e. The maximum absolute atomic E-state index is 13.2. The Labute approximate surface area is 218 Å². The lowest BCUT2D eigenvalue weighted by Gasteiger charge is -2.40. The number of carbonyl (C=O) groups excluding carboxylic acids is 1. The highest BCUT2D eigenvalue weighted by Gasteiger charge is 2.41. The molecule has 1 saturated heterocycles. The fraction of sp³-hybridized carbons (Fsp3) is 0.333. The molecule has 2 aromatic heterocycles. The summed E-state index contributed by atoms with van der Waals surface area (Å²) in [5.74, 6) is -1.29. The summed E-state index contributed by atoms with van der Waals surface area (Å²) in [5.41, 5.74) is 6.96. The molecule has 3 N–H and O–H groups in total. The summed E-state index contributed by atoms with van der Waals surface area (Å²) in [6.45, 7) is 5.85. The van der Waals surface area contributed by atoms with Crippen molar-refractivity contribution in [1.29, 1.82) is 0 Å². The van der Waals surface area contributed by atoms with Gasteiger partial charge in [-0.15, -0.1) is 5.10 Å². The Kier molecular flexibility index (Phi) is 5.99. The van der Waals surface area contributed by atoms with Crippen molar-refractivity contribution in [2.24, 2.45) is 5.92 Å². The standard InChI is InChI=1S/C27H28N8O3/c1-15-7-16(2)9-19(8-15)29-27-28-11-18-12-35(14-23(18)30-27)24-5-6-34(13-20(24)26(37)38)25(36)17-3-4-21-22(10-17)32-33-31-21/h3-4,7-11,20,24H,5-6,12-14H2,1-2H3,(H,37,38)(H,28,29,30)(H,31,32,33)/t20-,24-/m0/s1. The van der Waals surface area contributed by atoms with E-state index in [-0.39, 0.29) is 18.5 Å². The number of aromatic nitrogens is 5. The number of nitrogens with zero attached hydrogens (tertiary/aromatic N) is 6. The maximum atomic E-state index is 13.2. The van der Waals surface area contributed by atoms with Gasteiger partial charge in [0, 0.05) is 55.2 Å². The van der Waals surface area contributed by atoms with Gasteiger partial charge in [-0.1, -0.05) is 11.3 Å². The highest BCUT2D eigenvalue weighted by Crippen LogP contribution is 2.32. The first-order valence-corrected chi connectivity index (χ1v) is 12.6. The van der Waals surface area contributed by atoms with Gasteiger partial charge in [0.2, 0.25) is 5.95 Å². The third-order valence-electron chi connectivity index (χ3n) is 7.38. The smallest absolute Gasteiger partial charge is 0.309 e. The summed E-state index contributed by atoms with van der Waals surface area (Å²) in [5, 5.41) is 23.9. The molecular formula is C27H28N8O3.